The molecule has 0 aliphatic rings. The van der Waals surface area contributed by atoms with Crippen LogP contribution in [0, 0.1) is 10.1 Å². The second kappa shape index (κ2) is 8.64. The van der Waals surface area contributed by atoms with Gasteiger partial charge in [-0.05, 0) is 23.6 Å². The summed E-state index contributed by atoms with van der Waals surface area (Å²) in [4.78, 5) is 19.4. The van der Waals surface area contributed by atoms with Crippen LogP contribution >= 0.6 is 11.8 Å². The lowest BCUT2D eigenvalue weighted by atomic mass is 10.1. The molecule has 27 heavy (non-hydrogen) atoms. The van der Waals surface area contributed by atoms with Crippen molar-refractivity contribution in [2.24, 2.45) is 0 Å². The Bertz CT molecular complexity index is 916. The molecule has 1 heterocycles. The molecule has 0 saturated heterocycles. The first-order valence-electron chi connectivity index (χ1n) is 8.49. The van der Waals surface area contributed by atoms with E-state index in [0.29, 0.717) is 16.8 Å². The van der Waals surface area contributed by atoms with Crippen molar-refractivity contribution in [2.75, 3.05) is 0 Å². The largest absolute Gasteiger partial charge is 0.439 e. The van der Waals surface area contributed by atoms with Gasteiger partial charge in [-0.25, -0.2) is 4.98 Å². The summed E-state index contributed by atoms with van der Waals surface area (Å²) in [5, 5.41) is 11.4. The highest BCUT2D eigenvalue weighted by atomic mass is 32.2. The standard InChI is InChI=1S/C20H19N3O3S/c1-14(2)18-12-19(26-17-10-8-16(9-11-17)23(24)25)22-20(21-18)27-13-15-6-4-3-5-7-15/h3-12,14H,13H2,1-2H3. The van der Waals surface area contributed by atoms with Crippen LogP contribution in [-0.4, -0.2) is 14.9 Å². The molecule has 3 rings (SSSR count). The minimum atomic E-state index is -0.441. The van der Waals surface area contributed by atoms with Crippen LogP contribution in [0.5, 0.6) is 11.6 Å². The monoisotopic (exact) mass is 381 g/mol. The quantitative estimate of drug-likeness (QED) is 0.230. The summed E-state index contributed by atoms with van der Waals surface area (Å²) < 4.78 is 5.81. The van der Waals surface area contributed by atoms with E-state index in [-0.39, 0.29) is 11.6 Å². The summed E-state index contributed by atoms with van der Waals surface area (Å²) in [6.45, 7) is 4.12. The Morgan fingerprint density at radius 1 is 1.07 bits per heavy atom. The molecule has 0 spiro atoms. The van der Waals surface area contributed by atoms with Gasteiger partial charge in [-0.2, -0.15) is 4.98 Å². The molecule has 0 fully saturated rings. The van der Waals surface area contributed by atoms with Gasteiger partial charge in [-0.3, -0.25) is 10.1 Å². The zero-order valence-corrected chi connectivity index (χ0v) is 15.8. The number of benzene rings is 2. The van der Waals surface area contributed by atoms with E-state index < -0.39 is 4.92 Å². The van der Waals surface area contributed by atoms with Crippen LogP contribution in [0.25, 0.3) is 0 Å². The molecule has 3 aromatic rings. The third kappa shape index (κ3) is 5.27. The van der Waals surface area contributed by atoms with Gasteiger partial charge in [0.2, 0.25) is 5.88 Å². The zero-order valence-electron chi connectivity index (χ0n) is 15.0. The number of hydrogen-bond acceptors (Lipinski definition) is 6. The van der Waals surface area contributed by atoms with Crippen LogP contribution in [0.4, 0.5) is 5.69 Å². The van der Waals surface area contributed by atoms with Gasteiger partial charge in [0.15, 0.2) is 5.16 Å². The number of nitro benzene ring substituents is 1. The van der Waals surface area contributed by atoms with E-state index >= 15 is 0 Å². The maximum atomic E-state index is 10.8. The van der Waals surface area contributed by atoms with Crippen LogP contribution < -0.4 is 4.74 Å². The molecule has 0 aliphatic carbocycles. The highest BCUT2D eigenvalue weighted by molar-refractivity contribution is 7.98. The normalized spacial score (nSPS) is 10.8. The number of nitrogens with zero attached hydrogens (tertiary/aromatic N) is 3. The molecule has 0 atom stereocenters. The molecule has 0 unspecified atom stereocenters. The first kappa shape index (κ1) is 18.8. The fourth-order valence-corrected chi connectivity index (χ4v) is 3.12. The molecule has 0 bridgehead atoms. The number of aromatic nitrogens is 2. The Morgan fingerprint density at radius 3 is 2.41 bits per heavy atom. The van der Waals surface area contributed by atoms with E-state index in [1.807, 2.05) is 18.2 Å². The molecule has 0 saturated carbocycles. The number of thioether (sulfide) groups is 1. The van der Waals surface area contributed by atoms with Crippen LogP contribution in [0.3, 0.4) is 0 Å². The maximum Gasteiger partial charge on any atom is 0.269 e. The Hall–Kier alpha value is -2.93. The number of non-ortho nitro benzene ring substituents is 1. The highest BCUT2D eigenvalue weighted by Gasteiger charge is 2.11. The summed E-state index contributed by atoms with van der Waals surface area (Å²) in [7, 11) is 0. The van der Waals surface area contributed by atoms with Gasteiger partial charge in [0, 0.05) is 24.0 Å². The first-order valence-corrected chi connectivity index (χ1v) is 9.48. The van der Waals surface area contributed by atoms with Gasteiger partial charge in [-0.1, -0.05) is 55.9 Å². The van der Waals surface area contributed by atoms with Gasteiger partial charge in [-0.15, -0.1) is 0 Å². The van der Waals surface area contributed by atoms with Crippen LogP contribution in [0.2, 0.25) is 0 Å². The van der Waals surface area contributed by atoms with Crippen molar-refractivity contribution in [3.8, 4) is 11.6 Å². The van der Waals surface area contributed by atoms with Crippen molar-refractivity contribution in [2.45, 2.75) is 30.7 Å². The second-order valence-electron chi connectivity index (χ2n) is 6.20. The summed E-state index contributed by atoms with van der Waals surface area (Å²) in [5.41, 5.74) is 2.10. The molecule has 0 radical (unpaired) electrons. The molecular formula is C20H19N3O3S. The molecule has 6 nitrogen and oxygen atoms in total. The summed E-state index contributed by atoms with van der Waals surface area (Å²) in [6.07, 6.45) is 0. The molecule has 1 aromatic heterocycles. The van der Waals surface area contributed by atoms with Gasteiger partial charge >= 0.3 is 0 Å². The molecule has 0 N–H and O–H groups in total. The molecule has 138 valence electrons. The van der Waals surface area contributed by atoms with Gasteiger partial charge in [0.05, 0.1) is 10.6 Å². The predicted molar refractivity (Wildman–Crippen MR) is 105 cm³/mol. The lowest BCUT2D eigenvalue weighted by molar-refractivity contribution is -0.384. The van der Waals surface area contributed by atoms with Crippen molar-refractivity contribution in [3.63, 3.8) is 0 Å². The molecule has 0 amide bonds. The lowest BCUT2D eigenvalue weighted by Crippen LogP contribution is -2.00. The van der Waals surface area contributed by atoms with E-state index in [1.54, 1.807) is 30.0 Å². The van der Waals surface area contributed by atoms with Crippen LogP contribution in [-0.2, 0) is 5.75 Å². The third-order valence-electron chi connectivity index (χ3n) is 3.77. The Kier molecular flexibility index (Phi) is 6.03. The highest BCUT2D eigenvalue weighted by Crippen LogP contribution is 2.28. The number of nitro groups is 1. The Morgan fingerprint density at radius 2 is 1.78 bits per heavy atom. The Balaban J connectivity index is 1.79. The molecule has 7 heteroatoms. The topological polar surface area (TPSA) is 78.2 Å². The lowest BCUT2D eigenvalue weighted by Gasteiger charge is -2.11. The predicted octanol–water partition coefficient (Wildman–Crippen LogP) is 5.59. The number of hydrogen-bond donors (Lipinski definition) is 0. The summed E-state index contributed by atoms with van der Waals surface area (Å²) in [6, 6.07) is 17.9. The van der Waals surface area contributed by atoms with E-state index in [1.165, 1.54) is 17.7 Å². The summed E-state index contributed by atoms with van der Waals surface area (Å²) in [5.74, 6) is 1.91. The summed E-state index contributed by atoms with van der Waals surface area (Å²) >= 11 is 1.54. The van der Waals surface area contributed by atoms with Gasteiger partial charge in [0.1, 0.15) is 5.75 Å². The second-order valence-corrected chi connectivity index (χ2v) is 7.14. The Labute approximate surface area is 161 Å². The fraction of sp³-hybridized carbons (Fsp3) is 0.200. The average Bonchev–Trinajstić information content (AvgIpc) is 2.67. The van der Waals surface area contributed by atoms with Gasteiger partial charge < -0.3 is 4.74 Å². The average molecular weight is 381 g/mol. The van der Waals surface area contributed by atoms with Crippen LogP contribution in [0.1, 0.15) is 31.0 Å². The molecule has 2 aromatic carbocycles. The van der Waals surface area contributed by atoms with E-state index in [2.05, 4.69) is 35.9 Å². The smallest absolute Gasteiger partial charge is 0.269 e. The van der Waals surface area contributed by atoms with E-state index in [4.69, 9.17) is 4.74 Å². The SMILES string of the molecule is CC(C)c1cc(Oc2ccc([N+](=O)[O-])cc2)nc(SCc2ccccc2)n1. The number of ether oxygens (including phenoxy) is 1. The van der Waals surface area contributed by atoms with Crippen molar-refractivity contribution >= 4 is 17.4 Å². The fourth-order valence-electron chi connectivity index (χ4n) is 2.31. The van der Waals surface area contributed by atoms with Crippen molar-refractivity contribution in [1.29, 1.82) is 0 Å². The maximum absolute atomic E-state index is 10.8. The van der Waals surface area contributed by atoms with Crippen molar-refractivity contribution in [1.82, 2.24) is 9.97 Å². The van der Waals surface area contributed by atoms with Crippen molar-refractivity contribution in [3.05, 3.63) is 82.0 Å². The molecule has 0 aliphatic heterocycles. The minimum absolute atomic E-state index is 0.0204. The zero-order chi connectivity index (χ0) is 19.2. The van der Waals surface area contributed by atoms with Crippen LogP contribution in [0.15, 0.2) is 65.8 Å². The first-order chi connectivity index (χ1) is 13.0. The van der Waals surface area contributed by atoms with E-state index in [9.17, 15) is 10.1 Å². The minimum Gasteiger partial charge on any atom is -0.439 e. The van der Waals surface area contributed by atoms with E-state index in [0.717, 1.165) is 11.4 Å². The van der Waals surface area contributed by atoms with Crippen molar-refractivity contribution < 1.29 is 9.66 Å². The third-order valence-corrected chi connectivity index (χ3v) is 4.69. The number of rotatable bonds is 7. The van der Waals surface area contributed by atoms with Gasteiger partial charge in [0.25, 0.3) is 5.69 Å². The molecular weight excluding hydrogens is 362 g/mol.